The number of nitrogens with zero attached hydrogens (tertiary/aromatic N) is 1. The predicted molar refractivity (Wildman–Crippen MR) is 123 cm³/mol. The Balaban J connectivity index is 1.70. The second-order valence-corrected chi connectivity index (χ2v) is 7.02. The third kappa shape index (κ3) is 5.92. The van der Waals surface area contributed by atoms with Crippen molar-refractivity contribution in [2.24, 2.45) is 5.10 Å². The number of rotatable bonds is 9. The van der Waals surface area contributed by atoms with Gasteiger partial charge < -0.3 is 18.9 Å². The van der Waals surface area contributed by atoms with Crippen molar-refractivity contribution in [1.29, 1.82) is 0 Å². The molecule has 0 spiro atoms. The largest absolute Gasteiger partial charge is 0.497 e. The monoisotopic (exact) mass is 454 g/mol. The molecule has 0 unspecified atom stereocenters. The summed E-state index contributed by atoms with van der Waals surface area (Å²) in [5.41, 5.74) is 4.45. The smallest absolute Gasteiger partial charge is 0.271 e. The summed E-state index contributed by atoms with van der Waals surface area (Å²) >= 11 is 6.40. The lowest BCUT2D eigenvalue weighted by atomic mass is 10.2. The molecule has 7 nitrogen and oxygen atoms in total. The van der Waals surface area contributed by atoms with Crippen LogP contribution in [0.4, 0.5) is 0 Å². The zero-order valence-corrected chi connectivity index (χ0v) is 18.7. The molecule has 3 rings (SSSR count). The van der Waals surface area contributed by atoms with Crippen LogP contribution in [0.15, 0.2) is 65.8 Å². The lowest BCUT2D eigenvalue weighted by Gasteiger charge is -2.13. The van der Waals surface area contributed by atoms with E-state index >= 15 is 0 Å². The maximum atomic E-state index is 12.4. The molecule has 1 amide bonds. The first kappa shape index (κ1) is 23.0. The number of carbonyl (C=O) groups excluding carboxylic acids is 1. The second kappa shape index (κ2) is 11.1. The van der Waals surface area contributed by atoms with Gasteiger partial charge in [0.2, 0.25) is 0 Å². The van der Waals surface area contributed by atoms with E-state index < -0.39 is 5.91 Å². The molecular formula is C24H23ClN2O5. The summed E-state index contributed by atoms with van der Waals surface area (Å²) in [6.45, 7) is 0.352. The Kier molecular flexibility index (Phi) is 7.94. The van der Waals surface area contributed by atoms with Crippen LogP contribution in [0.1, 0.15) is 21.5 Å². The lowest BCUT2D eigenvalue weighted by Crippen LogP contribution is -2.17. The molecule has 0 heterocycles. The quantitative estimate of drug-likeness (QED) is 0.374. The highest BCUT2D eigenvalue weighted by atomic mass is 35.5. The third-order valence-corrected chi connectivity index (χ3v) is 4.75. The number of hydrazone groups is 1. The molecule has 0 bridgehead atoms. The number of methoxy groups -OCH3 is 3. The van der Waals surface area contributed by atoms with Crippen molar-refractivity contribution in [1.82, 2.24) is 5.43 Å². The first-order valence-corrected chi connectivity index (χ1v) is 10.0. The fraction of sp³-hybridized carbons (Fsp3) is 0.167. The van der Waals surface area contributed by atoms with Crippen molar-refractivity contribution in [3.63, 3.8) is 0 Å². The third-order valence-electron chi connectivity index (χ3n) is 4.47. The van der Waals surface area contributed by atoms with Gasteiger partial charge in [0.1, 0.15) is 18.1 Å². The Bertz CT molecular complexity index is 1080. The van der Waals surface area contributed by atoms with Crippen LogP contribution in [0.3, 0.4) is 0 Å². The molecule has 32 heavy (non-hydrogen) atoms. The van der Waals surface area contributed by atoms with E-state index in [4.69, 9.17) is 30.5 Å². The van der Waals surface area contributed by atoms with Gasteiger partial charge in [0.15, 0.2) is 11.5 Å². The molecule has 0 aliphatic heterocycles. The van der Waals surface area contributed by atoms with E-state index in [1.165, 1.54) is 27.5 Å². The van der Waals surface area contributed by atoms with Crippen molar-refractivity contribution in [3.8, 4) is 23.0 Å². The van der Waals surface area contributed by atoms with E-state index in [1.807, 2.05) is 30.3 Å². The first-order chi connectivity index (χ1) is 15.5. The van der Waals surface area contributed by atoms with Gasteiger partial charge in [0, 0.05) is 11.6 Å². The van der Waals surface area contributed by atoms with Crippen LogP contribution in [-0.4, -0.2) is 33.5 Å². The van der Waals surface area contributed by atoms with Gasteiger partial charge in [-0.15, -0.1) is 0 Å². The zero-order chi connectivity index (χ0) is 22.9. The molecule has 0 atom stereocenters. The minimum atomic E-state index is -0.417. The van der Waals surface area contributed by atoms with Crippen LogP contribution in [0.25, 0.3) is 0 Å². The van der Waals surface area contributed by atoms with Gasteiger partial charge in [-0.2, -0.15) is 5.10 Å². The number of amides is 1. The highest BCUT2D eigenvalue weighted by Gasteiger charge is 2.13. The van der Waals surface area contributed by atoms with E-state index in [1.54, 1.807) is 30.3 Å². The summed E-state index contributed by atoms with van der Waals surface area (Å²) in [6.07, 6.45) is 1.46. The van der Waals surface area contributed by atoms with E-state index in [0.29, 0.717) is 45.8 Å². The normalized spacial score (nSPS) is 10.6. The summed E-state index contributed by atoms with van der Waals surface area (Å²) < 4.78 is 21.6. The minimum Gasteiger partial charge on any atom is -0.497 e. The molecule has 166 valence electrons. The molecule has 3 aromatic rings. The zero-order valence-electron chi connectivity index (χ0n) is 17.9. The number of hydrogen-bond acceptors (Lipinski definition) is 6. The molecule has 3 aromatic carbocycles. The Labute approximate surface area is 191 Å². The average molecular weight is 455 g/mol. The molecule has 8 heteroatoms. The van der Waals surface area contributed by atoms with E-state index in [-0.39, 0.29) is 0 Å². The SMILES string of the molecule is COc1cc(OC)cc(C(=O)NN=Cc2cc(Cl)c(OCc3ccccc3)c(OC)c2)c1. The molecule has 0 aliphatic carbocycles. The van der Waals surface area contributed by atoms with E-state index in [2.05, 4.69) is 10.5 Å². The van der Waals surface area contributed by atoms with Crippen LogP contribution < -0.4 is 24.4 Å². The second-order valence-electron chi connectivity index (χ2n) is 6.61. The fourth-order valence-electron chi connectivity index (χ4n) is 2.85. The summed E-state index contributed by atoms with van der Waals surface area (Å²) in [4.78, 5) is 12.4. The van der Waals surface area contributed by atoms with E-state index in [0.717, 1.165) is 5.56 Å². The standard InChI is InChI=1S/C24H23ClN2O5/c1-29-19-11-18(12-20(13-19)30-2)24(28)27-26-14-17-9-21(25)23(22(10-17)31-3)32-15-16-7-5-4-6-8-16/h4-14H,15H2,1-3H3,(H,27,28). The van der Waals surface area contributed by atoms with Crippen LogP contribution in [0, 0.1) is 0 Å². The maximum Gasteiger partial charge on any atom is 0.271 e. The molecule has 0 radical (unpaired) electrons. The van der Waals surface area contributed by atoms with Gasteiger partial charge in [0.05, 0.1) is 32.6 Å². The molecule has 0 saturated carbocycles. The highest BCUT2D eigenvalue weighted by molar-refractivity contribution is 6.32. The van der Waals surface area contributed by atoms with Crippen molar-refractivity contribution >= 4 is 23.7 Å². The molecular weight excluding hydrogens is 432 g/mol. The summed E-state index contributed by atoms with van der Waals surface area (Å²) in [7, 11) is 4.55. The lowest BCUT2D eigenvalue weighted by molar-refractivity contribution is 0.0954. The number of benzene rings is 3. The Morgan fingerprint density at radius 2 is 1.66 bits per heavy atom. The van der Waals surface area contributed by atoms with Crippen molar-refractivity contribution in [2.45, 2.75) is 6.61 Å². The molecule has 0 saturated heterocycles. The van der Waals surface area contributed by atoms with Gasteiger partial charge in [-0.05, 0) is 35.4 Å². The minimum absolute atomic E-state index is 0.346. The number of carbonyl (C=O) groups is 1. The van der Waals surface area contributed by atoms with Crippen LogP contribution in [-0.2, 0) is 6.61 Å². The fourth-order valence-corrected chi connectivity index (χ4v) is 3.13. The number of halogens is 1. The van der Waals surface area contributed by atoms with Crippen LogP contribution in [0.2, 0.25) is 5.02 Å². The maximum absolute atomic E-state index is 12.4. The van der Waals surface area contributed by atoms with Gasteiger partial charge in [-0.25, -0.2) is 5.43 Å². The van der Waals surface area contributed by atoms with Crippen molar-refractivity contribution in [2.75, 3.05) is 21.3 Å². The molecule has 0 fully saturated rings. The topological polar surface area (TPSA) is 78.4 Å². The van der Waals surface area contributed by atoms with Gasteiger partial charge in [-0.3, -0.25) is 4.79 Å². The Morgan fingerprint density at radius 3 is 2.28 bits per heavy atom. The molecule has 0 aromatic heterocycles. The average Bonchev–Trinajstić information content (AvgIpc) is 2.83. The Hall–Kier alpha value is -3.71. The number of hydrogen-bond donors (Lipinski definition) is 1. The summed E-state index contributed by atoms with van der Waals surface area (Å²) in [5, 5.41) is 4.37. The van der Waals surface area contributed by atoms with Gasteiger partial charge in [-0.1, -0.05) is 41.9 Å². The molecule has 1 N–H and O–H groups in total. The van der Waals surface area contributed by atoms with Crippen LogP contribution in [0.5, 0.6) is 23.0 Å². The van der Waals surface area contributed by atoms with Gasteiger partial charge >= 0.3 is 0 Å². The van der Waals surface area contributed by atoms with Crippen molar-refractivity contribution in [3.05, 3.63) is 82.4 Å². The predicted octanol–water partition coefficient (Wildman–Crippen LogP) is 4.71. The summed E-state index contributed by atoms with van der Waals surface area (Å²) in [5.74, 6) is 1.47. The van der Waals surface area contributed by atoms with Crippen molar-refractivity contribution < 1.29 is 23.7 Å². The number of ether oxygens (including phenoxy) is 4. The van der Waals surface area contributed by atoms with Gasteiger partial charge in [0.25, 0.3) is 5.91 Å². The van der Waals surface area contributed by atoms with Crippen LogP contribution >= 0.6 is 11.6 Å². The highest BCUT2D eigenvalue weighted by Crippen LogP contribution is 2.36. The molecule has 0 aliphatic rings. The first-order valence-electron chi connectivity index (χ1n) is 9.64. The van der Waals surface area contributed by atoms with E-state index in [9.17, 15) is 4.79 Å². The Morgan fingerprint density at radius 1 is 0.969 bits per heavy atom. The summed E-state index contributed by atoms with van der Waals surface area (Å²) in [6, 6.07) is 18.0. The number of nitrogens with one attached hydrogen (secondary N) is 1.